The lowest BCUT2D eigenvalue weighted by Crippen LogP contribution is -2.12. The van der Waals surface area contributed by atoms with Gasteiger partial charge in [0, 0.05) is 42.9 Å². The lowest BCUT2D eigenvalue weighted by Gasteiger charge is -2.06. The highest BCUT2D eigenvalue weighted by Gasteiger charge is 2.06. The molecule has 2 heterocycles. The highest BCUT2D eigenvalue weighted by molar-refractivity contribution is 7.99. The van der Waals surface area contributed by atoms with Crippen molar-refractivity contribution in [1.82, 2.24) is 9.55 Å². The first-order valence-electron chi connectivity index (χ1n) is 7.28. The molecule has 0 saturated carbocycles. The molecule has 0 saturated heterocycles. The summed E-state index contributed by atoms with van der Waals surface area (Å²) in [5.74, 6) is 0.799. The van der Waals surface area contributed by atoms with Crippen LogP contribution < -0.4 is 5.32 Å². The molecule has 118 valence electrons. The number of aryl methyl sites for hydroxylation is 2. The van der Waals surface area contributed by atoms with E-state index in [1.807, 2.05) is 54.2 Å². The lowest BCUT2D eigenvalue weighted by atomic mass is 10.2. The number of hydrogen-bond donors (Lipinski definition) is 1. The Hall–Kier alpha value is -2.47. The molecule has 1 aromatic carbocycles. The van der Waals surface area contributed by atoms with Crippen molar-refractivity contribution in [3.05, 3.63) is 60.8 Å². The van der Waals surface area contributed by atoms with Gasteiger partial charge in [-0.1, -0.05) is 11.8 Å². The Morgan fingerprint density at radius 3 is 2.78 bits per heavy atom. The van der Waals surface area contributed by atoms with Gasteiger partial charge in [-0.2, -0.15) is 0 Å². The maximum Gasteiger partial charge on any atom is 0.224 e. The highest BCUT2D eigenvalue weighted by Crippen LogP contribution is 2.26. The van der Waals surface area contributed by atoms with E-state index in [9.17, 15) is 4.79 Å². The SMILES string of the molecule is Cn1ccnc1Sc1ccc(NC(=O)CCc2ccco2)cc1. The Balaban J connectivity index is 1.52. The minimum atomic E-state index is -0.0223. The molecule has 1 amide bonds. The number of aromatic nitrogens is 2. The molecule has 1 N–H and O–H groups in total. The number of imidazole rings is 1. The summed E-state index contributed by atoms with van der Waals surface area (Å²) in [6.07, 6.45) is 6.31. The first-order valence-corrected chi connectivity index (χ1v) is 8.10. The van der Waals surface area contributed by atoms with E-state index in [1.54, 1.807) is 24.2 Å². The van der Waals surface area contributed by atoms with Crippen LogP contribution >= 0.6 is 11.8 Å². The van der Waals surface area contributed by atoms with Crippen molar-refractivity contribution in [1.29, 1.82) is 0 Å². The van der Waals surface area contributed by atoms with E-state index in [-0.39, 0.29) is 5.91 Å². The summed E-state index contributed by atoms with van der Waals surface area (Å²) in [6.45, 7) is 0. The number of nitrogens with one attached hydrogen (secondary N) is 1. The maximum atomic E-state index is 11.9. The van der Waals surface area contributed by atoms with Crippen molar-refractivity contribution in [3.63, 3.8) is 0 Å². The molecule has 23 heavy (non-hydrogen) atoms. The van der Waals surface area contributed by atoms with Gasteiger partial charge in [0.2, 0.25) is 5.91 Å². The zero-order valence-electron chi connectivity index (χ0n) is 12.7. The predicted molar refractivity (Wildman–Crippen MR) is 89.4 cm³/mol. The first-order chi connectivity index (χ1) is 11.2. The molecule has 5 nitrogen and oxygen atoms in total. The Labute approximate surface area is 138 Å². The summed E-state index contributed by atoms with van der Waals surface area (Å²) in [5, 5.41) is 3.82. The third-order valence-corrected chi connectivity index (χ3v) is 4.39. The molecule has 0 aliphatic heterocycles. The minimum absolute atomic E-state index is 0.0223. The fraction of sp³-hybridized carbons (Fsp3) is 0.176. The summed E-state index contributed by atoms with van der Waals surface area (Å²) in [6, 6.07) is 11.4. The van der Waals surface area contributed by atoms with Crippen molar-refractivity contribution >= 4 is 23.4 Å². The summed E-state index contributed by atoms with van der Waals surface area (Å²) in [5.41, 5.74) is 0.790. The Bertz CT molecular complexity index is 764. The minimum Gasteiger partial charge on any atom is -0.469 e. The van der Waals surface area contributed by atoms with Gasteiger partial charge in [-0.15, -0.1) is 0 Å². The number of nitrogens with zero attached hydrogens (tertiary/aromatic N) is 2. The summed E-state index contributed by atoms with van der Waals surface area (Å²) in [4.78, 5) is 17.3. The number of amides is 1. The van der Waals surface area contributed by atoms with E-state index in [2.05, 4.69) is 10.3 Å². The van der Waals surface area contributed by atoms with E-state index in [1.165, 1.54) is 0 Å². The smallest absolute Gasteiger partial charge is 0.224 e. The largest absolute Gasteiger partial charge is 0.469 e. The first kappa shape index (κ1) is 15.4. The number of rotatable bonds is 6. The van der Waals surface area contributed by atoms with Gasteiger partial charge < -0.3 is 14.3 Å². The summed E-state index contributed by atoms with van der Waals surface area (Å²) < 4.78 is 7.19. The average Bonchev–Trinajstić information content (AvgIpc) is 3.20. The quantitative estimate of drug-likeness (QED) is 0.749. The molecule has 3 aromatic rings. The van der Waals surface area contributed by atoms with Crippen LogP contribution in [0.2, 0.25) is 0 Å². The molecule has 3 rings (SSSR count). The second kappa shape index (κ2) is 7.19. The molecule has 6 heteroatoms. The number of hydrogen-bond acceptors (Lipinski definition) is 4. The normalized spacial score (nSPS) is 10.7. The van der Waals surface area contributed by atoms with Crippen molar-refractivity contribution in [2.75, 3.05) is 5.32 Å². The van der Waals surface area contributed by atoms with Crippen LogP contribution in [-0.2, 0) is 18.3 Å². The number of furan rings is 1. The van der Waals surface area contributed by atoms with Gasteiger partial charge in [-0.3, -0.25) is 4.79 Å². The molecule has 0 spiro atoms. The molecule has 0 fully saturated rings. The standard InChI is InChI=1S/C17H17N3O2S/c1-20-11-10-18-17(20)23-15-7-4-13(5-8-15)19-16(21)9-6-14-3-2-12-22-14/h2-5,7-8,10-12H,6,9H2,1H3,(H,19,21). The molecule has 0 aliphatic rings. The van der Waals surface area contributed by atoms with Gasteiger partial charge in [0.15, 0.2) is 5.16 Å². The molecule has 0 radical (unpaired) electrons. The van der Waals surface area contributed by atoms with Crippen molar-refractivity contribution in [2.45, 2.75) is 22.9 Å². The van der Waals surface area contributed by atoms with Gasteiger partial charge >= 0.3 is 0 Å². The van der Waals surface area contributed by atoms with Crippen LogP contribution in [0.5, 0.6) is 0 Å². The second-order valence-corrected chi connectivity index (χ2v) is 6.12. The Morgan fingerprint density at radius 1 is 1.30 bits per heavy atom. The van der Waals surface area contributed by atoms with Gasteiger partial charge in [-0.25, -0.2) is 4.98 Å². The van der Waals surface area contributed by atoms with Crippen LogP contribution in [0.25, 0.3) is 0 Å². The van der Waals surface area contributed by atoms with E-state index in [0.29, 0.717) is 12.8 Å². The monoisotopic (exact) mass is 327 g/mol. The van der Waals surface area contributed by atoms with Crippen molar-refractivity contribution in [3.8, 4) is 0 Å². The zero-order valence-corrected chi connectivity index (χ0v) is 13.5. The van der Waals surface area contributed by atoms with Crippen molar-refractivity contribution < 1.29 is 9.21 Å². The molecule has 2 aromatic heterocycles. The van der Waals surface area contributed by atoms with Crippen LogP contribution in [0.15, 0.2) is 69.5 Å². The molecular formula is C17H17N3O2S. The van der Waals surface area contributed by atoms with Gasteiger partial charge in [0.25, 0.3) is 0 Å². The van der Waals surface area contributed by atoms with E-state index >= 15 is 0 Å². The Morgan fingerprint density at radius 2 is 2.13 bits per heavy atom. The van der Waals surface area contributed by atoms with Crippen LogP contribution in [0.1, 0.15) is 12.2 Å². The highest BCUT2D eigenvalue weighted by atomic mass is 32.2. The molecule has 0 bridgehead atoms. The van der Waals surface area contributed by atoms with Gasteiger partial charge in [0.1, 0.15) is 5.76 Å². The van der Waals surface area contributed by atoms with E-state index < -0.39 is 0 Å². The number of carbonyl (C=O) groups excluding carboxylic acids is 1. The molecular weight excluding hydrogens is 310 g/mol. The third kappa shape index (κ3) is 4.26. The van der Waals surface area contributed by atoms with Crippen molar-refractivity contribution in [2.24, 2.45) is 7.05 Å². The van der Waals surface area contributed by atoms with E-state index in [4.69, 9.17) is 4.42 Å². The molecule has 0 atom stereocenters. The summed E-state index contributed by atoms with van der Waals surface area (Å²) >= 11 is 1.58. The molecule has 0 unspecified atom stereocenters. The fourth-order valence-corrected chi connectivity index (χ4v) is 2.88. The number of benzene rings is 1. The topological polar surface area (TPSA) is 60.1 Å². The van der Waals surface area contributed by atoms with E-state index in [0.717, 1.165) is 21.5 Å². The Kier molecular flexibility index (Phi) is 4.83. The lowest BCUT2D eigenvalue weighted by molar-refractivity contribution is -0.116. The van der Waals surface area contributed by atoms with Crippen LogP contribution in [0.4, 0.5) is 5.69 Å². The van der Waals surface area contributed by atoms with Crippen LogP contribution in [0.3, 0.4) is 0 Å². The van der Waals surface area contributed by atoms with Crippen LogP contribution in [0, 0.1) is 0 Å². The van der Waals surface area contributed by atoms with Gasteiger partial charge in [0.05, 0.1) is 6.26 Å². The third-order valence-electron chi connectivity index (χ3n) is 3.30. The van der Waals surface area contributed by atoms with Crippen LogP contribution in [-0.4, -0.2) is 15.5 Å². The maximum absolute atomic E-state index is 11.9. The summed E-state index contributed by atoms with van der Waals surface area (Å²) in [7, 11) is 1.96. The van der Waals surface area contributed by atoms with Gasteiger partial charge in [-0.05, 0) is 36.4 Å². The predicted octanol–water partition coefficient (Wildman–Crippen LogP) is 3.74. The fourth-order valence-electron chi connectivity index (χ4n) is 2.08. The molecule has 0 aliphatic carbocycles. The number of anilines is 1. The zero-order chi connectivity index (χ0) is 16.1. The second-order valence-electron chi connectivity index (χ2n) is 5.07. The number of carbonyl (C=O) groups is 1. The average molecular weight is 327 g/mol.